The number of rotatable bonds is 3. The number of amides is 1. The average molecular weight is 269 g/mol. The Labute approximate surface area is 110 Å². The van der Waals surface area contributed by atoms with Crippen molar-refractivity contribution in [2.75, 3.05) is 31.5 Å². The van der Waals surface area contributed by atoms with Gasteiger partial charge in [0.2, 0.25) is 5.91 Å². The number of nitrogens with zero attached hydrogens (tertiary/aromatic N) is 1. The molecule has 0 saturated carbocycles. The summed E-state index contributed by atoms with van der Waals surface area (Å²) in [5.74, 6) is -1.55. The number of nitrogens with one attached hydrogen (secondary N) is 2. The van der Waals surface area contributed by atoms with Crippen LogP contribution in [0.2, 0.25) is 0 Å². The summed E-state index contributed by atoms with van der Waals surface area (Å²) >= 11 is 0. The molecule has 0 spiro atoms. The maximum Gasteiger partial charge on any atom is 0.238 e. The maximum absolute atomic E-state index is 13.4. The molecule has 104 valence electrons. The van der Waals surface area contributed by atoms with Crippen molar-refractivity contribution in [2.24, 2.45) is 0 Å². The number of benzene rings is 1. The van der Waals surface area contributed by atoms with Crippen molar-refractivity contribution in [2.45, 2.75) is 13.0 Å². The molecule has 0 unspecified atom stereocenters. The van der Waals surface area contributed by atoms with E-state index in [0.29, 0.717) is 6.04 Å². The van der Waals surface area contributed by atoms with Gasteiger partial charge in [0.1, 0.15) is 11.6 Å². The second kappa shape index (κ2) is 6.08. The molecule has 6 heteroatoms. The first-order valence-electron chi connectivity index (χ1n) is 6.25. The third-order valence-electron chi connectivity index (χ3n) is 3.02. The van der Waals surface area contributed by atoms with Crippen LogP contribution in [0.5, 0.6) is 0 Å². The van der Waals surface area contributed by atoms with Crippen molar-refractivity contribution in [1.82, 2.24) is 10.2 Å². The lowest BCUT2D eigenvalue weighted by molar-refractivity contribution is -0.117. The van der Waals surface area contributed by atoms with Crippen LogP contribution in [-0.2, 0) is 4.79 Å². The molecule has 1 aliphatic heterocycles. The molecule has 2 N–H and O–H groups in total. The number of halogens is 2. The van der Waals surface area contributed by atoms with Crippen LogP contribution in [0.4, 0.5) is 14.5 Å². The Balaban J connectivity index is 1.92. The van der Waals surface area contributed by atoms with Gasteiger partial charge in [0.05, 0.1) is 12.2 Å². The zero-order valence-electron chi connectivity index (χ0n) is 10.7. The quantitative estimate of drug-likeness (QED) is 0.866. The molecule has 0 bridgehead atoms. The predicted octanol–water partition coefficient (Wildman–Crippen LogP) is 1.20. The molecule has 0 aromatic heterocycles. The van der Waals surface area contributed by atoms with E-state index < -0.39 is 11.6 Å². The Bertz CT molecular complexity index is 467. The zero-order valence-corrected chi connectivity index (χ0v) is 10.7. The van der Waals surface area contributed by atoms with E-state index in [-0.39, 0.29) is 18.1 Å². The van der Waals surface area contributed by atoms with Gasteiger partial charge in [-0.25, -0.2) is 8.78 Å². The third-order valence-corrected chi connectivity index (χ3v) is 3.02. The lowest BCUT2D eigenvalue weighted by Crippen LogP contribution is -2.51. The minimum atomic E-state index is -0.636. The largest absolute Gasteiger partial charge is 0.322 e. The lowest BCUT2D eigenvalue weighted by atomic mass is 10.2. The number of piperazine rings is 1. The van der Waals surface area contributed by atoms with Crippen LogP contribution in [0.3, 0.4) is 0 Å². The van der Waals surface area contributed by atoms with Crippen LogP contribution in [0.25, 0.3) is 0 Å². The Morgan fingerprint density at radius 2 is 2.32 bits per heavy atom. The normalized spacial score (nSPS) is 20.3. The Kier molecular flexibility index (Phi) is 4.44. The first kappa shape index (κ1) is 13.9. The molecular formula is C13H17F2N3O. The minimum absolute atomic E-state index is 0.117. The summed E-state index contributed by atoms with van der Waals surface area (Å²) in [5, 5.41) is 5.67. The molecule has 2 rings (SSSR count). The second-order valence-corrected chi connectivity index (χ2v) is 4.76. The predicted molar refractivity (Wildman–Crippen MR) is 68.9 cm³/mol. The van der Waals surface area contributed by atoms with Gasteiger partial charge in [-0.05, 0) is 19.1 Å². The average Bonchev–Trinajstić information content (AvgIpc) is 2.34. The van der Waals surface area contributed by atoms with Crippen molar-refractivity contribution < 1.29 is 13.6 Å². The van der Waals surface area contributed by atoms with E-state index in [1.165, 1.54) is 0 Å². The summed E-state index contributed by atoms with van der Waals surface area (Å²) in [4.78, 5) is 13.8. The molecule has 1 fully saturated rings. The Morgan fingerprint density at radius 1 is 1.53 bits per heavy atom. The molecule has 1 atom stereocenters. The highest BCUT2D eigenvalue weighted by molar-refractivity contribution is 5.92. The number of hydrogen-bond donors (Lipinski definition) is 2. The van der Waals surface area contributed by atoms with Crippen LogP contribution < -0.4 is 10.6 Å². The number of carbonyl (C=O) groups excluding carboxylic acids is 1. The van der Waals surface area contributed by atoms with Gasteiger partial charge in [0.25, 0.3) is 0 Å². The van der Waals surface area contributed by atoms with Crippen molar-refractivity contribution in [3.05, 3.63) is 29.8 Å². The van der Waals surface area contributed by atoms with E-state index in [1.807, 2.05) is 11.8 Å². The van der Waals surface area contributed by atoms with E-state index in [9.17, 15) is 13.6 Å². The zero-order chi connectivity index (χ0) is 13.8. The fraction of sp³-hybridized carbons (Fsp3) is 0.462. The van der Waals surface area contributed by atoms with Gasteiger partial charge in [0, 0.05) is 31.7 Å². The highest BCUT2D eigenvalue weighted by Crippen LogP contribution is 2.15. The Hall–Kier alpha value is -1.53. The van der Waals surface area contributed by atoms with E-state index in [0.717, 1.165) is 37.8 Å². The van der Waals surface area contributed by atoms with Gasteiger partial charge in [-0.3, -0.25) is 9.69 Å². The van der Waals surface area contributed by atoms with Crippen molar-refractivity contribution in [3.8, 4) is 0 Å². The molecule has 0 aliphatic carbocycles. The van der Waals surface area contributed by atoms with Crippen LogP contribution in [-0.4, -0.2) is 43.0 Å². The summed E-state index contributed by atoms with van der Waals surface area (Å²) in [5.41, 5.74) is -0.117. The molecule has 1 amide bonds. The van der Waals surface area contributed by atoms with Crippen LogP contribution in [0, 0.1) is 11.6 Å². The van der Waals surface area contributed by atoms with Crippen LogP contribution in [0.15, 0.2) is 18.2 Å². The minimum Gasteiger partial charge on any atom is -0.322 e. The highest BCUT2D eigenvalue weighted by atomic mass is 19.1. The molecule has 19 heavy (non-hydrogen) atoms. The molecular weight excluding hydrogens is 252 g/mol. The Morgan fingerprint density at radius 3 is 3.05 bits per heavy atom. The first-order valence-corrected chi connectivity index (χ1v) is 6.25. The highest BCUT2D eigenvalue weighted by Gasteiger charge is 2.18. The molecule has 4 nitrogen and oxygen atoms in total. The summed E-state index contributed by atoms with van der Waals surface area (Å²) in [6.07, 6.45) is 0. The van der Waals surface area contributed by atoms with Gasteiger partial charge in [-0.15, -0.1) is 0 Å². The van der Waals surface area contributed by atoms with Gasteiger partial charge in [-0.1, -0.05) is 0 Å². The molecule has 1 aromatic rings. The van der Waals surface area contributed by atoms with E-state index in [4.69, 9.17) is 0 Å². The molecule has 1 saturated heterocycles. The monoisotopic (exact) mass is 269 g/mol. The topological polar surface area (TPSA) is 44.4 Å². The van der Waals surface area contributed by atoms with Gasteiger partial charge in [-0.2, -0.15) is 0 Å². The molecule has 1 heterocycles. The van der Waals surface area contributed by atoms with E-state index in [1.54, 1.807) is 0 Å². The lowest BCUT2D eigenvalue weighted by Gasteiger charge is -2.31. The summed E-state index contributed by atoms with van der Waals surface area (Å²) in [7, 11) is 0. The van der Waals surface area contributed by atoms with Crippen LogP contribution in [0.1, 0.15) is 6.92 Å². The van der Waals surface area contributed by atoms with E-state index >= 15 is 0 Å². The fourth-order valence-electron chi connectivity index (χ4n) is 2.14. The number of carbonyl (C=O) groups is 1. The number of hydrogen-bond acceptors (Lipinski definition) is 3. The van der Waals surface area contributed by atoms with Gasteiger partial charge < -0.3 is 10.6 Å². The second-order valence-electron chi connectivity index (χ2n) is 4.76. The summed E-state index contributed by atoms with van der Waals surface area (Å²) < 4.78 is 26.3. The molecule has 1 aliphatic rings. The molecule has 0 radical (unpaired) electrons. The smallest absolute Gasteiger partial charge is 0.238 e. The van der Waals surface area contributed by atoms with Crippen LogP contribution >= 0.6 is 0 Å². The van der Waals surface area contributed by atoms with Crippen molar-refractivity contribution >= 4 is 11.6 Å². The van der Waals surface area contributed by atoms with Gasteiger partial charge in [0.15, 0.2) is 0 Å². The molecule has 1 aromatic carbocycles. The van der Waals surface area contributed by atoms with Crippen molar-refractivity contribution in [1.29, 1.82) is 0 Å². The number of anilines is 1. The summed E-state index contributed by atoms with van der Waals surface area (Å²) in [6.45, 7) is 4.57. The SMILES string of the molecule is C[C@H]1CN(CC(=O)Nc2cc(F)ccc2F)CCN1. The maximum atomic E-state index is 13.4. The first-order chi connectivity index (χ1) is 9.04. The standard InChI is InChI=1S/C13H17F2N3O/c1-9-7-18(5-4-16-9)8-13(19)17-12-6-10(14)2-3-11(12)15/h2-3,6,9,16H,4-5,7-8H2,1H3,(H,17,19)/t9-/m0/s1. The fourth-order valence-corrected chi connectivity index (χ4v) is 2.14. The van der Waals surface area contributed by atoms with Crippen molar-refractivity contribution in [3.63, 3.8) is 0 Å². The van der Waals surface area contributed by atoms with E-state index in [2.05, 4.69) is 10.6 Å². The third kappa shape index (κ3) is 3.97. The summed E-state index contributed by atoms with van der Waals surface area (Å²) in [6, 6.07) is 3.32. The van der Waals surface area contributed by atoms with Gasteiger partial charge >= 0.3 is 0 Å².